The molecule has 7 heteroatoms. The first kappa shape index (κ1) is 20.4. The molecule has 124 valence electrons. The van der Waals surface area contributed by atoms with Gasteiger partial charge in [0.2, 0.25) is 10.0 Å². The van der Waals surface area contributed by atoms with Crippen LogP contribution in [0.3, 0.4) is 0 Å². The predicted octanol–water partition coefficient (Wildman–Crippen LogP) is 2.80. The summed E-state index contributed by atoms with van der Waals surface area (Å²) < 4.78 is 30.9. The van der Waals surface area contributed by atoms with E-state index in [9.17, 15) is 13.2 Å². The lowest BCUT2D eigenvalue weighted by Gasteiger charge is -2.27. The number of carbonyl (C=O) groups is 1. The second-order valence-electron chi connectivity index (χ2n) is 6.05. The maximum absolute atomic E-state index is 12.2. The normalized spacial score (nSPS) is 15.1. The predicted molar refractivity (Wildman–Crippen MR) is 85.6 cm³/mol. The summed E-state index contributed by atoms with van der Waals surface area (Å²) in [5.41, 5.74) is 0. The molecule has 0 aromatic heterocycles. The molecule has 0 spiro atoms. The summed E-state index contributed by atoms with van der Waals surface area (Å²) in [6.07, 6.45) is 1.52. The first-order valence-electron chi connectivity index (χ1n) is 6.95. The average Bonchev–Trinajstić information content (AvgIpc) is 2.31. The number of halogens is 1. The topological polar surface area (TPSA) is 72.5 Å². The van der Waals surface area contributed by atoms with Gasteiger partial charge in [0.15, 0.2) is 0 Å². The van der Waals surface area contributed by atoms with Crippen molar-refractivity contribution >= 4 is 27.6 Å². The highest BCUT2D eigenvalue weighted by molar-refractivity contribution is 7.90. The quantitative estimate of drug-likeness (QED) is 0.724. The van der Waals surface area contributed by atoms with Crippen molar-refractivity contribution in [3.05, 3.63) is 11.1 Å². The highest BCUT2D eigenvalue weighted by atomic mass is 35.5. The molecular weight excluding hydrogens is 314 g/mol. The molecule has 1 atom stereocenters. The minimum Gasteiger partial charge on any atom is -0.466 e. The van der Waals surface area contributed by atoms with Gasteiger partial charge in [0.05, 0.1) is 23.8 Å². The number of nitrogens with one attached hydrogen (secondary N) is 1. The minimum absolute atomic E-state index is 0.0210. The average molecular weight is 340 g/mol. The van der Waals surface area contributed by atoms with Gasteiger partial charge >= 0.3 is 5.97 Å². The molecule has 0 aromatic rings. The summed E-state index contributed by atoms with van der Waals surface area (Å²) in [6, 6.07) is -0.565. The van der Waals surface area contributed by atoms with Crippen LogP contribution in [0, 0.1) is 5.92 Å². The number of hydrogen-bond donors (Lipinski definition) is 1. The van der Waals surface area contributed by atoms with Gasteiger partial charge in [0, 0.05) is 5.03 Å². The molecule has 0 aliphatic heterocycles. The summed E-state index contributed by atoms with van der Waals surface area (Å²) in [7, 11) is -3.53. The van der Waals surface area contributed by atoms with E-state index in [-0.39, 0.29) is 12.3 Å². The zero-order valence-corrected chi connectivity index (χ0v) is 15.1. The largest absolute Gasteiger partial charge is 0.466 e. The third-order valence-electron chi connectivity index (χ3n) is 2.82. The zero-order chi connectivity index (χ0) is 16.8. The second-order valence-corrected chi connectivity index (χ2v) is 8.96. The van der Waals surface area contributed by atoms with Gasteiger partial charge < -0.3 is 4.74 Å². The Kier molecular flexibility index (Phi) is 7.92. The number of sulfonamides is 1. The van der Waals surface area contributed by atoms with Crippen molar-refractivity contribution in [3.63, 3.8) is 0 Å². The van der Waals surface area contributed by atoms with Crippen molar-refractivity contribution < 1.29 is 17.9 Å². The first-order chi connectivity index (χ1) is 9.42. The summed E-state index contributed by atoms with van der Waals surface area (Å²) in [6.45, 7) is 10.6. The smallest absolute Gasteiger partial charge is 0.309 e. The molecule has 5 nitrogen and oxygen atoms in total. The SMILES string of the molecule is CCOC(=O)C/C=C(\Cl)[C@@H](NS(=O)(=O)C(C)(C)C)C(C)C. The van der Waals surface area contributed by atoms with Crippen LogP contribution in [0.25, 0.3) is 0 Å². The third-order valence-corrected chi connectivity index (χ3v) is 5.39. The van der Waals surface area contributed by atoms with Crippen molar-refractivity contribution in [2.24, 2.45) is 5.92 Å². The molecule has 0 saturated heterocycles. The van der Waals surface area contributed by atoms with Gasteiger partial charge in [-0.3, -0.25) is 4.79 Å². The van der Waals surface area contributed by atoms with Crippen LogP contribution in [0.1, 0.15) is 48.0 Å². The Morgan fingerprint density at radius 1 is 1.33 bits per heavy atom. The van der Waals surface area contributed by atoms with Crippen molar-refractivity contribution in [1.82, 2.24) is 4.72 Å². The van der Waals surface area contributed by atoms with Gasteiger partial charge in [-0.05, 0) is 33.6 Å². The van der Waals surface area contributed by atoms with Crippen molar-refractivity contribution in [1.29, 1.82) is 0 Å². The van der Waals surface area contributed by atoms with Crippen LogP contribution in [0.5, 0.6) is 0 Å². The number of ether oxygens (including phenoxy) is 1. The third kappa shape index (κ3) is 6.80. The minimum atomic E-state index is -3.53. The second kappa shape index (κ2) is 8.15. The number of esters is 1. The molecule has 0 amide bonds. The molecule has 21 heavy (non-hydrogen) atoms. The molecule has 1 N–H and O–H groups in total. The lowest BCUT2D eigenvalue weighted by Crippen LogP contribution is -2.46. The Morgan fingerprint density at radius 2 is 1.86 bits per heavy atom. The highest BCUT2D eigenvalue weighted by Gasteiger charge is 2.33. The number of carbonyl (C=O) groups excluding carboxylic acids is 1. The lowest BCUT2D eigenvalue weighted by atomic mass is 10.0. The van der Waals surface area contributed by atoms with Crippen LogP contribution in [-0.4, -0.2) is 31.8 Å². The molecular formula is C14H26ClNO4S. The van der Waals surface area contributed by atoms with Gasteiger partial charge in [0.1, 0.15) is 0 Å². The Bertz CT molecular complexity index is 478. The molecule has 0 aromatic carbocycles. The molecule has 0 heterocycles. The maximum atomic E-state index is 12.2. The number of rotatable bonds is 7. The Hall–Kier alpha value is -0.590. The molecule has 0 aliphatic carbocycles. The van der Waals surface area contributed by atoms with Crippen LogP contribution in [-0.2, 0) is 19.6 Å². The van der Waals surface area contributed by atoms with E-state index in [1.54, 1.807) is 27.7 Å². The van der Waals surface area contributed by atoms with Crippen LogP contribution in [0.15, 0.2) is 11.1 Å². The van der Waals surface area contributed by atoms with Crippen molar-refractivity contribution in [2.75, 3.05) is 6.61 Å². The van der Waals surface area contributed by atoms with Gasteiger partial charge in [0.25, 0.3) is 0 Å². The maximum Gasteiger partial charge on any atom is 0.309 e. The van der Waals surface area contributed by atoms with Crippen LogP contribution in [0.2, 0.25) is 0 Å². The Labute approximate surface area is 133 Å². The van der Waals surface area contributed by atoms with E-state index >= 15 is 0 Å². The van der Waals surface area contributed by atoms with Gasteiger partial charge in [-0.15, -0.1) is 0 Å². The van der Waals surface area contributed by atoms with E-state index in [4.69, 9.17) is 16.3 Å². The fourth-order valence-corrected chi connectivity index (χ4v) is 2.92. The van der Waals surface area contributed by atoms with Crippen LogP contribution >= 0.6 is 11.6 Å². The zero-order valence-electron chi connectivity index (χ0n) is 13.6. The highest BCUT2D eigenvalue weighted by Crippen LogP contribution is 2.22. The van der Waals surface area contributed by atoms with Gasteiger partial charge in [-0.25, -0.2) is 13.1 Å². The molecule has 0 aliphatic rings. The summed E-state index contributed by atoms with van der Waals surface area (Å²) in [5.74, 6) is -0.440. The van der Waals surface area contributed by atoms with E-state index in [0.29, 0.717) is 11.6 Å². The molecule has 0 unspecified atom stereocenters. The summed E-state index contributed by atoms with van der Waals surface area (Å²) in [4.78, 5) is 11.3. The first-order valence-corrected chi connectivity index (χ1v) is 8.81. The molecule has 0 fully saturated rings. The summed E-state index contributed by atoms with van der Waals surface area (Å²) >= 11 is 6.17. The van der Waals surface area contributed by atoms with E-state index < -0.39 is 26.8 Å². The van der Waals surface area contributed by atoms with Crippen molar-refractivity contribution in [2.45, 2.75) is 58.8 Å². The van der Waals surface area contributed by atoms with Crippen LogP contribution in [0.4, 0.5) is 0 Å². The Balaban J connectivity index is 5.08. The molecule has 0 saturated carbocycles. The molecule has 0 bridgehead atoms. The van der Waals surface area contributed by atoms with Gasteiger partial charge in [-0.1, -0.05) is 31.5 Å². The van der Waals surface area contributed by atoms with E-state index in [0.717, 1.165) is 0 Å². The fraction of sp³-hybridized carbons (Fsp3) is 0.786. The Morgan fingerprint density at radius 3 is 2.24 bits per heavy atom. The lowest BCUT2D eigenvalue weighted by molar-refractivity contribution is -0.142. The summed E-state index contributed by atoms with van der Waals surface area (Å²) in [5, 5.41) is 0.297. The van der Waals surface area contributed by atoms with E-state index in [1.807, 2.05) is 13.8 Å². The van der Waals surface area contributed by atoms with Gasteiger partial charge in [-0.2, -0.15) is 0 Å². The monoisotopic (exact) mass is 339 g/mol. The molecule has 0 rings (SSSR count). The molecule has 0 radical (unpaired) electrons. The van der Waals surface area contributed by atoms with Crippen molar-refractivity contribution in [3.8, 4) is 0 Å². The number of hydrogen-bond acceptors (Lipinski definition) is 4. The van der Waals surface area contributed by atoms with E-state index in [2.05, 4.69) is 4.72 Å². The van der Waals surface area contributed by atoms with E-state index in [1.165, 1.54) is 6.08 Å². The fourth-order valence-electron chi connectivity index (χ4n) is 1.38. The standard InChI is InChI=1S/C14H26ClNO4S/c1-7-20-12(17)9-8-11(15)13(10(2)3)16-21(18,19)14(4,5)6/h8,10,13,16H,7,9H2,1-6H3/b11-8-/t13-/m0/s1. The van der Waals surface area contributed by atoms with Crippen LogP contribution < -0.4 is 4.72 Å².